The van der Waals surface area contributed by atoms with Crippen molar-refractivity contribution in [2.45, 2.75) is 18.8 Å². The van der Waals surface area contributed by atoms with Gasteiger partial charge in [-0.2, -0.15) is 0 Å². The van der Waals surface area contributed by atoms with Gasteiger partial charge in [0.1, 0.15) is 11.6 Å². The summed E-state index contributed by atoms with van der Waals surface area (Å²) in [5, 5.41) is 3.11. The molecule has 0 spiro atoms. The highest BCUT2D eigenvalue weighted by Crippen LogP contribution is 2.26. The number of hydrogen-bond acceptors (Lipinski definition) is 7. The number of rotatable bonds is 5. The number of aromatic nitrogens is 4. The largest absolute Gasteiger partial charge is 0.341 e. The average Bonchev–Trinajstić information content (AvgIpc) is 2.62. The van der Waals surface area contributed by atoms with Crippen LogP contribution >= 0.6 is 0 Å². The number of anilines is 2. The lowest BCUT2D eigenvalue weighted by molar-refractivity contribution is -0.133. The second kappa shape index (κ2) is 7.98. The molecule has 132 valence electrons. The minimum absolute atomic E-state index is 0.163. The van der Waals surface area contributed by atoms with Crippen LogP contribution in [0, 0.1) is 0 Å². The average molecular weight is 341 g/mol. The van der Waals surface area contributed by atoms with Crippen LogP contribution in [0.1, 0.15) is 24.5 Å². The van der Waals surface area contributed by atoms with Gasteiger partial charge in [-0.3, -0.25) is 14.8 Å². The fraction of sp³-hybridized carbons (Fsp3) is 0.471. The van der Waals surface area contributed by atoms with Crippen LogP contribution in [0.2, 0.25) is 0 Å². The van der Waals surface area contributed by atoms with Gasteiger partial charge in [0.05, 0.1) is 24.6 Å². The minimum atomic E-state index is 0.163. The number of likely N-dealkylation sites (N-methyl/N-ethyl adjacent to an activating group) is 1. The minimum Gasteiger partial charge on any atom is -0.341 e. The number of nitrogens with one attached hydrogen (secondary N) is 1. The van der Waals surface area contributed by atoms with Crippen LogP contribution < -0.4 is 5.32 Å². The van der Waals surface area contributed by atoms with Gasteiger partial charge in [-0.15, -0.1) is 0 Å². The smallest absolute Gasteiger partial charge is 0.236 e. The molecular weight excluding hydrogens is 318 g/mol. The van der Waals surface area contributed by atoms with Crippen LogP contribution in [-0.4, -0.2) is 69.4 Å². The van der Waals surface area contributed by atoms with E-state index in [2.05, 4.69) is 25.3 Å². The maximum absolute atomic E-state index is 12.3. The molecule has 3 heterocycles. The van der Waals surface area contributed by atoms with Crippen molar-refractivity contribution in [3.05, 3.63) is 36.7 Å². The molecule has 3 rings (SSSR count). The molecule has 0 radical (unpaired) electrons. The number of nitrogens with zero attached hydrogens (tertiary/aromatic N) is 6. The number of piperidine rings is 1. The third-order valence-electron chi connectivity index (χ3n) is 4.12. The van der Waals surface area contributed by atoms with Crippen molar-refractivity contribution in [2.24, 2.45) is 0 Å². The number of amides is 1. The van der Waals surface area contributed by atoms with E-state index >= 15 is 0 Å². The molecule has 25 heavy (non-hydrogen) atoms. The summed E-state index contributed by atoms with van der Waals surface area (Å²) in [6.07, 6.45) is 10.3. The Morgan fingerprint density at radius 1 is 1.24 bits per heavy atom. The van der Waals surface area contributed by atoms with Gasteiger partial charge in [0.2, 0.25) is 5.91 Å². The number of hydrogen-bond donors (Lipinski definition) is 1. The summed E-state index contributed by atoms with van der Waals surface area (Å²) in [4.78, 5) is 33.3. The molecule has 1 N–H and O–H groups in total. The van der Waals surface area contributed by atoms with Crippen molar-refractivity contribution in [1.82, 2.24) is 29.7 Å². The van der Waals surface area contributed by atoms with E-state index in [0.29, 0.717) is 24.7 Å². The van der Waals surface area contributed by atoms with Gasteiger partial charge in [0, 0.05) is 37.6 Å². The summed E-state index contributed by atoms with van der Waals surface area (Å²) in [7, 11) is 3.82. The lowest BCUT2D eigenvalue weighted by Crippen LogP contribution is -2.43. The lowest BCUT2D eigenvalue weighted by atomic mass is 9.95. The summed E-state index contributed by atoms with van der Waals surface area (Å²) >= 11 is 0. The van der Waals surface area contributed by atoms with E-state index in [9.17, 15) is 4.79 Å². The summed E-state index contributed by atoms with van der Waals surface area (Å²) < 4.78 is 0. The highest BCUT2D eigenvalue weighted by Gasteiger charge is 2.26. The summed E-state index contributed by atoms with van der Waals surface area (Å²) in [6, 6.07) is 0. The van der Waals surface area contributed by atoms with Crippen LogP contribution in [0.25, 0.3) is 0 Å². The van der Waals surface area contributed by atoms with Crippen LogP contribution in [-0.2, 0) is 4.79 Å². The molecule has 2 aromatic rings. The molecule has 1 unspecified atom stereocenters. The van der Waals surface area contributed by atoms with Gasteiger partial charge in [-0.1, -0.05) is 0 Å². The summed E-state index contributed by atoms with van der Waals surface area (Å²) in [6.45, 7) is 1.94. The molecule has 1 aliphatic heterocycles. The number of carbonyl (C=O) groups excluding carboxylic acids is 1. The predicted octanol–water partition coefficient (Wildman–Crippen LogP) is 1.28. The van der Waals surface area contributed by atoms with E-state index in [1.54, 1.807) is 31.0 Å². The Morgan fingerprint density at radius 3 is 2.84 bits per heavy atom. The van der Waals surface area contributed by atoms with Crippen molar-refractivity contribution in [3.8, 4) is 0 Å². The molecule has 8 nitrogen and oxygen atoms in total. The van der Waals surface area contributed by atoms with Crippen LogP contribution in [0.15, 0.2) is 31.0 Å². The third-order valence-corrected chi connectivity index (χ3v) is 4.12. The Balaban J connectivity index is 1.69. The summed E-state index contributed by atoms with van der Waals surface area (Å²) in [5.74, 6) is 1.63. The quantitative estimate of drug-likeness (QED) is 0.876. The molecule has 0 aliphatic carbocycles. The van der Waals surface area contributed by atoms with Crippen molar-refractivity contribution in [3.63, 3.8) is 0 Å². The van der Waals surface area contributed by atoms with E-state index in [1.165, 1.54) is 0 Å². The Labute approximate surface area is 147 Å². The van der Waals surface area contributed by atoms with Crippen LogP contribution in [0.5, 0.6) is 0 Å². The highest BCUT2D eigenvalue weighted by molar-refractivity contribution is 5.78. The fourth-order valence-corrected chi connectivity index (χ4v) is 2.95. The molecule has 0 bridgehead atoms. The van der Waals surface area contributed by atoms with Crippen LogP contribution in [0.3, 0.4) is 0 Å². The van der Waals surface area contributed by atoms with Crippen molar-refractivity contribution in [2.75, 3.05) is 39.0 Å². The molecule has 0 saturated carbocycles. The van der Waals surface area contributed by atoms with E-state index in [1.807, 2.05) is 23.9 Å². The van der Waals surface area contributed by atoms with E-state index in [0.717, 1.165) is 25.1 Å². The molecule has 1 aliphatic rings. The Bertz CT molecular complexity index is 707. The van der Waals surface area contributed by atoms with E-state index < -0.39 is 0 Å². The van der Waals surface area contributed by atoms with Gasteiger partial charge in [-0.05, 0) is 26.9 Å². The number of likely N-dealkylation sites (tertiary alicyclic amines) is 1. The van der Waals surface area contributed by atoms with Gasteiger partial charge in [-0.25, -0.2) is 9.97 Å². The van der Waals surface area contributed by atoms with Gasteiger partial charge < -0.3 is 15.1 Å². The standard InChI is InChI=1S/C17H23N7O/c1-23(2)12-17(25)24-7-3-4-13(11-24)14-8-19-10-16(21-14)22-15-9-18-5-6-20-15/h5-6,8-10,13H,3-4,7,11-12H2,1-2H3,(H,20,21,22). The first-order valence-corrected chi connectivity index (χ1v) is 8.39. The van der Waals surface area contributed by atoms with Crippen LogP contribution in [0.4, 0.5) is 11.6 Å². The Kier molecular flexibility index (Phi) is 5.49. The molecule has 1 fully saturated rings. The zero-order chi connectivity index (χ0) is 17.6. The molecule has 0 aromatic carbocycles. The van der Waals surface area contributed by atoms with Gasteiger partial charge in [0.25, 0.3) is 0 Å². The monoisotopic (exact) mass is 341 g/mol. The first kappa shape index (κ1) is 17.2. The molecule has 2 aromatic heterocycles. The fourth-order valence-electron chi connectivity index (χ4n) is 2.95. The van der Waals surface area contributed by atoms with Crippen molar-refractivity contribution < 1.29 is 4.79 Å². The maximum atomic E-state index is 12.3. The first-order valence-electron chi connectivity index (χ1n) is 8.39. The Morgan fingerprint density at radius 2 is 2.08 bits per heavy atom. The molecule has 1 atom stereocenters. The van der Waals surface area contributed by atoms with Gasteiger partial charge >= 0.3 is 0 Å². The molecular formula is C17H23N7O. The zero-order valence-corrected chi connectivity index (χ0v) is 14.6. The number of carbonyl (C=O) groups is 1. The van der Waals surface area contributed by atoms with E-state index in [4.69, 9.17) is 0 Å². The predicted molar refractivity (Wildman–Crippen MR) is 94.5 cm³/mol. The molecule has 1 amide bonds. The maximum Gasteiger partial charge on any atom is 0.236 e. The lowest BCUT2D eigenvalue weighted by Gasteiger charge is -2.33. The second-order valence-corrected chi connectivity index (χ2v) is 6.46. The van der Waals surface area contributed by atoms with E-state index in [-0.39, 0.29) is 11.8 Å². The zero-order valence-electron chi connectivity index (χ0n) is 14.6. The van der Waals surface area contributed by atoms with Crippen molar-refractivity contribution in [1.29, 1.82) is 0 Å². The molecule has 8 heteroatoms. The van der Waals surface area contributed by atoms with Gasteiger partial charge in [0.15, 0.2) is 0 Å². The highest BCUT2D eigenvalue weighted by atomic mass is 16.2. The normalized spacial score (nSPS) is 17.6. The van der Waals surface area contributed by atoms with Crippen molar-refractivity contribution >= 4 is 17.5 Å². The Hall–Kier alpha value is -2.61. The molecule has 1 saturated heterocycles. The summed E-state index contributed by atoms with van der Waals surface area (Å²) in [5.41, 5.74) is 0.899. The topological polar surface area (TPSA) is 87.1 Å². The third kappa shape index (κ3) is 4.69. The first-order chi connectivity index (χ1) is 12.1. The SMILES string of the molecule is CN(C)CC(=O)N1CCCC(c2cncc(Nc3cnccn3)n2)C1. The second-order valence-electron chi connectivity index (χ2n) is 6.46.